The van der Waals surface area contributed by atoms with E-state index < -0.39 is 10.0 Å². The van der Waals surface area contributed by atoms with E-state index in [1.54, 1.807) is 28.2 Å². The van der Waals surface area contributed by atoms with Crippen molar-refractivity contribution in [3.05, 3.63) is 52.5 Å². The highest BCUT2D eigenvalue weighted by molar-refractivity contribution is 9.10. The molecule has 0 amide bonds. The number of hydrogen-bond acceptors (Lipinski definition) is 4. The van der Waals surface area contributed by atoms with Gasteiger partial charge in [-0.2, -0.15) is 4.31 Å². The number of piperidine rings is 1. The van der Waals surface area contributed by atoms with E-state index in [0.717, 1.165) is 52.1 Å². The van der Waals surface area contributed by atoms with E-state index in [1.165, 1.54) is 18.4 Å². The zero-order valence-corrected chi connectivity index (χ0v) is 22.1. The number of aromatic nitrogens is 2. The van der Waals surface area contributed by atoms with Crippen LogP contribution < -0.4 is 0 Å². The third-order valence-corrected chi connectivity index (χ3v) is 10.2. The summed E-state index contributed by atoms with van der Waals surface area (Å²) in [6.45, 7) is 3.34. The van der Waals surface area contributed by atoms with Crippen LogP contribution in [0.4, 0.5) is 0 Å². The van der Waals surface area contributed by atoms with Gasteiger partial charge in [-0.15, -0.1) is 0 Å². The summed E-state index contributed by atoms with van der Waals surface area (Å²) >= 11 is 5.29. The molecule has 1 atom stereocenters. The highest BCUT2D eigenvalue weighted by atomic mass is 79.9. The second-order valence-electron chi connectivity index (χ2n) is 9.38. The summed E-state index contributed by atoms with van der Waals surface area (Å²) in [4.78, 5) is 5.32. The smallest absolute Gasteiger partial charge is 0.243 e. The lowest BCUT2D eigenvalue weighted by atomic mass is 10.0. The van der Waals surface area contributed by atoms with E-state index in [2.05, 4.69) is 45.6 Å². The van der Waals surface area contributed by atoms with Gasteiger partial charge in [-0.05, 0) is 67.5 Å². The number of fused-ring (bicyclic) bond motifs is 1. The third-order valence-electron chi connectivity index (χ3n) is 6.83. The molecule has 5 nitrogen and oxygen atoms in total. The molecule has 1 aliphatic heterocycles. The van der Waals surface area contributed by atoms with Crippen molar-refractivity contribution in [2.75, 3.05) is 13.1 Å². The van der Waals surface area contributed by atoms with E-state index in [0.29, 0.717) is 29.9 Å². The lowest BCUT2D eigenvalue weighted by Crippen LogP contribution is -2.39. The van der Waals surface area contributed by atoms with Crippen LogP contribution in [-0.2, 0) is 15.8 Å². The molecule has 176 valence electrons. The summed E-state index contributed by atoms with van der Waals surface area (Å²) < 4.78 is 31.8. The molecule has 33 heavy (non-hydrogen) atoms. The summed E-state index contributed by atoms with van der Waals surface area (Å²) in [5.41, 5.74) is 3.07. The number of imidazole rings is 1. The quantitative estimate of drug-likeness (QED) is 0.325. The molecule has 5 rings (SSSR count). The lowest BCUT2D eigenvalue weighted by molar-refractivity contribution is 0.281. The minimum absolute atomic E-state index is 0.365. The normalized spacial score (nSPS) is 20.6. The highest BCUT2D eigenvalue weighted by Crippen LogP contribution is 2.38. The topological polar surface area (TPSA) is 55.2 Å². The maximum atomic E-state index is 13.3. The number of rotatable bonds is 6. The molecule has 1 saturated heterocycles. The summed E-state index contributed by atoms with van der Waals surface area (Å²) in [6.07, 6.45) is 6.80. The van der Waals surface area contributed by atoms with Gasteiger partial charge >= 0.3 is 0 Å². The molecule has 2 fully saturated rings. The number of hydrogen-bond donors (Lipinski definition) is 0. The average Bonchev–Trinajstić information content (AvgIpc) is 3.44. The molecule has 0 unspecified atom stereocenters. The Morgan fingerprint density at radius 3 is 2.67 bits per heavy atom. The number of nitrogens with zero attached hydrogens (tertiary/aromatic N) is 3. The van der Waals surface area contributed by atoms with Crippen LogP contribution in [0.25, 0.3) is 11.0 Å². The van der Waals surface area contributed by atoms with Gasteiger partial charge in [0.2, 0.25) is 10.0 Å². The first-order valence-corrected chi connectivity index (χ1v) is 15.0. The van der Waals surface area contributed by atoms with E-state index >= 15 is 0 Å². The largest absolute Gasteiger partial charge is 0.316 e. The number of benzene rings is 2. The Morgan fingerprint density at radius 1 is 1.09 bits per heavy atom. The van der Waals surface area contributed by atoms with E-state index in [4.69, 9.17) is 4.98 Å². The second kappa shape index (κ2) is 9.72. The SMILES string of the molecule is C[C@H]1CCCN(S(=O)(=O)c2ccc3c(c2)nc(SCc2cccc(Br)c2)n3C2CCCC2)C1. The zero-order chi connectivity index (χ0) is 23.0. The molecule has 2 heterocycles. The molecule has 2 aromatic carbocycles. The van der Waals surface area contributed by atoms with Gasteiger partial charge in [-0.25, -0.2) is 13.4 Å². The predicted molar refractivity (Wildman–Crippen MR) is 138 cm³/mol. The van der Waals surface area contributed by atoms with Gasteiger partial charge in [-0.1, -0.05) is 59.6 Å². The van der Waals surface area contributed by atoms with E-state index in [-0.39, 0.29) is 0 Å². The van der Waals surface area contributed by atoms with Gasteiger partial charge in [0.25, 0.3) is 0 Å². The summed E-state index contributed by atoms with van der Waals surface area (Å²) in [5.74, 6) is 1.23. The van der Waals surface area contributed by atoms with Crippen molar-refractivity contribution >= 4 is 48.7 Å². The van der Waals surface area contributed by atoms with E-state index in [1.807, 2.05) is 12.1 Å². The standard InChI is InChI=1S/C25H30BrN3O2S2/c1-18-6-5-13-28(16-18)33(30,31)22-11-12-24-23(15-22)27-25(29(24)21-9-2-3-10-21)32-17-19-7-4-8-20(26)14-19/h4,7-8,11-12,14-15,18,21H,2-3,5-6,9-10,13,16-17H2,1H3/t18-/m0/s1. The number of halogens is 1. The Labute approximate surface area is 209 Å². The Hall–Kier alpha value is -1.35. The van der Waals surface area contributed by atoms with Crippen molar-refractivity contribution in [2.24, 2.45) is 5.92 Å². The van der Waals surface area contributed by atoms with Crippen LogP contribution in [0.5, 0.6) is 0 Å². The van der Waals surface area contributed by atoms with Gasteiger partial charge < -0.3 is 4.57 Å². The fourth-order valence-corrected chi connectivity index (χ4v) is 8.21. The van der Waals surface area contributed by atoms with Crippen LogP contribution in [0.2, 0.25) is 0 Å². The minimum atomic E-state index is -3.50. The first kappa shape index (κ1) is 23.4. The third kappa shape index (κ3) is 4.90. The Bertz CT molecular complexity index is 1250. The maximum Gasteiger partial charge on any atom is 0.243 e. The monoisotopic (exact) mass is 547 g/mol. The molecule has 0 radical (unpaired) electrons. The first-order valence-electron chi connectivity index (χ1n) is 11.8. The molecule has 0 bridgehead atoms. The van der Waals surface area contributed by atoms with Gasteiger partial charge in [-0.3, -0.25) is 0 Å². The fraction of sp³-hybridized carbons (Fsp3) is 0.480. The zero-order valence-electron chi connectivity index (χ0n) is 18.9. The first-order chi connectivity index (χ1) is 15.9. The molecule has 3 aromatic rings. The summed E-state index contributed by atoms with van der Waals surface area (Å²) in [6, 6.07) is 14.3. The van der Waals surface area contributed by atoms with Crippen molar-refractivity contribution in [1.29, 1.82) is 0 Å². The molecule has 0 spiro atoms. The maximum absolute atomic E-state index is 13.3. The molecule has 0 N–H and O–H groups in total. The van der Waals surface area contributed by atoms with Crippen molar-refractivity contribution in [3.63, 3.8) is 0 Å². The van der Waals surface area contributed by atoms with Gasteiger partial charge in [0.15, 0.2) is 5.16 Å². The molecule has 1 aromatic heterocycles. The Kier molecular flexibility index (Phi) is 6.89. The Morgan fingerprint density at radius 2 is 1.91 bits per heavy atom. The molecular formula is C25H30BrN3O2S2. The fourth-order valence-electron chi connectivity index (χ4n) is 5.12. The molecular weight excluding hydrogens is 518 g/mol. The minimum Gasteiger partial charge on any atom is -0.316 e. The van der Waals surface area contributed by atoms with Crippen LogP contribution in [0.15, 0.2) is 57.0 Å². The van der Waals surface area contributed by atoms with Crippen LogP contribution in [0.1, 0.15) is 57.1 Å². The summed E-state index contributed by atoms with van der Waals surface area (Å²) in [7, 11) is -3.50. The molecule has 8 heteroatoms. The van der Waals surface area contributed by atoms with Crippen LogP contribution in [0, 0.1) is 5.92 Å². The van der Waals surface area contributed by atoms with Crippen molar-refractivity contribution in [2.45, 2.75) is 67.3 Å². The number of thioether (sulfide) groups is 1. The molecule has 1 aliphatic carbocycles. The van der Waals surface area contributed by atoms with Crippen LogP contribution in [0.3, 0.4) is 0 Å². The van der Waals surface area contributed by atoms with Crippen molar-refractivity contribution < 1.29 is 8.42 Å². The average molecular weight is 549 g/mol. The van der Waals surface area contributed by atoms with Crippen molar-refractivity contribution in [1.82, 2.24) is 13.9 Å². The second-order valence-corrected chi connectivity index (χ2v) is 13.2. The number of sulfonamides is 1. The van der Waals surface area contributed by atoms with Crippen molar-refractivity contribution in [3.8, 4) is 0 Å². The van der Waals surface area contributed by atoms with Crippen LogP contribution >= 0.6 is 27.7 Å². The Balaban J connectivity index is 1.49. The lowest BCUT2D eigenvalue weighted by Gasteiger charge is -2.30. The highest BCUT2D eigenvalue weighted by Gasteiger charge is 2.30. The summed E-state index contributed by atoms with van der Waals surface area (Å²) in [5, 5.41) is 0.984. The molecule has 2 aliphatic rings. The molecule has 1 saturated carbocycles. The van der Waals surface area contributed by atoms with Gasteiger partial charge in [0.1, 0.15) is 0 Å². The predicted octanol–water partition coefficient (Wildman–Crippen LogP) is 6.63. The van der Waals surface area contributed by atoms with Gasteiger partial charge in [0, 0.05) is 29.4 Å². The van der Waals surface area contributed by atoms with E-state index in [9.17, 15) is 8.42 Å². The van der Waals surface area contributed by atoms with Gasteiger partial charge in [0.05, 0.1) is 15.9 Å². The van der Waals surface area contributed by atoms with Crippen LogP contribution in [-0.4, -0.2) is 35.4 Å².